The zero-order valence-electron chi connectivity index (χ0n) is 10.7. The Bertz CT molecular complexity index is 342. The molecule has 96 valence electrons. The van der Waals surface area contributed by atoms with Crippen LogP contribution in [0, 0.1) is 0 Å². The van der Waals surface area contributed by atoms with Crippen molar-refractivity contribution in [2.24, 2.45) is 9.98 Å². The quantitative estimate of drug-likeness (QED) is 0.543. The van der Waals surface area contributed by atoms with Gasteiger partial charge in [0.1, 0.15) is 0 Å². The number of aliphatic hydroxyl groups is 1. The third-order valence-corrected chi connectivity index (χ3v) is 3.28. The van der Waals surface area contributed by atoms with E-state index in [1.54, 1.807) is 0 Å². The summed E-state index contributed by atoms with van der Waals surface area (Å²) >= 11 is 0. The van der Waals surface area contributed by atoms with E-state index in [4.69, 9.17) is 4.99 Å². The lowest BCUT2D eigenvalue weighted by Gasteiger charge is -2.37. The van der Waals surface area contributed by atoms with Crippen LogP contribution in [0.4, 0.5) is 0 Å². The van der Waals surface area contributed by atoms with Crippen LogP contribution in [-0.2, 0) is 0 Å². The zero-order valence-corrected chi connectivity index (χ0v) is 10.7. The molecule has 1 aliphatic heterocycles. The largest absolute Gasteiger partial charge is 0.393 e. The van der Waals surface area contributed by atoms with Gasteiger partial charge in [0, 0.05) is 21.1 Å². The van der Waals surface area contributed by atoms with Crippen molar-refractivity contribution in [3.63, 3.8) is 0 Å². The monoisotopic (exact) mass is 239 g/mol. The molecule has 2 rings (SSSR count). The molecule has 0 atom stereocenters. The Morgan fingerprint density at radius 3 is 2.53 bits per heavy atom. The molecule has 0 radical (unpaired) electrons. The highest BCUT2D eigenvalue weighted by Gasteiger charge is 2.37. The van der Waals surface area contributed by atoms with Gasteiger partial charge in [-0.3, -0.25) is 5.32 Å². The Labute approximate surface area is 102 Å². The normalized spacial score (nSPS) is 32.6. The molecule has 1 fully saturated rings. The fourth-order valence-corrected chi connectivity index (χ4v) is 2.21. The van der Waals surface area contributed by atoms with Crippen LogP contribution in [0.5, 0.6) is 0 Å². The van der Waals surface area contributed by atoms with Crippen molar-refractivity contribution in [3.05, 3.63) is 0 Å². The van der Waals surface area contributed by atoms with E-state index in [-0.39, 0.29) is 11.8 Å². The van der Waals surface area contributed by atoms with Gasteiger partial charge in [0.2, 0.25) is 5.96 Å². The molecular weight excluding hydrogens is 218 g/mol. The lowest BCUT2D eigenvalue weighted by Crippen LogP contribution is -2.52. The summed E-state index contributed by atoms with van der Waals surface area (Å²) in [5.74, 6) is 1.57. The number of hydrogen-bond acceptors (Lipinski definition) is 6. The third kappa shape index (κ3) is 2.52. The molecule has 6 heteroatoms. The molecule has 0 aromatic heterocycles. The molecule has 6 nitrogen and oxygen atoms in total. The first-order chi connectivity index (χ1) is 8.04. The number of nitrogens with one attached hydrogen (secondary N) is 2. The van der Waals surface area contributed by atoms with Crippen LogP contribution in [-0.4, -0.2) is 54.8 Å². The first kappa shape index (κ1) is 12.2. The molecular formula is C11H21N5O. The van der Waals surface area contributed by atoms with Gasteiger partial charge in [0.05, 0.1) is 6.10 Å². The van der Waals surface area contributed by atoms with Crippen molar-refractivity contribution < 1.29 is 5.11 Å². The first-order valence-electron chi connectivity index (χ1n) is 6.04. The van der Waals surface area contributed by atoms with Gasteiger partial charge in [0.25, 0.3) is 0 Å². The second-order valence-electron chi connectivity index (χ2n) is 4.88. The van der Waals surface area contributed by atoms with Crippen molar-refractivity contribution in [1.82, 2.24) is 15.5 Å². The summed E-state index contributed by atoms with van der Waals surface area (Å²) in [6.07, 6.45) is 2.95. The Morgan fingerprint density at radius 1 is 1.35 bits per heavy atom. The molecule has 0 aromatic carbocycles. The van der Waals surface area contributed by atoms with Gasteiger partial charge < -0.3 is 15.3 Å². The highest BCUT2D eigenvalue weighted by molar-refractivity contribution is 6.00. The van der Waals surface area contributed by atoms with Crippen molar-refractivity contribution in [3.8, 4) is 0 Å². The van der Waals surface area contributed by atoms with Crippen LogP contribution < -0.4 is 10.6 Å². The highest BCUT2D eigenvalue weighted by atomic mass is 16.3. The maximum atomic E-state index is 9.58. The molecule has 17 heavy (non-hydrogen) atoms. The van der Waals surface area contributed by atoms with Crippen molar-refractivity contribution in [1.29, 1.82) is 0 Å². The smallest absolute Gasteiger partial charge is 0.202 e. The van der Waals surface area contributed by atoms with Gasteiger partial charge in [-0.15, -0.1) is 0 Å². The topological polar surface area (TPSA) is 72.2 Å². The zero-order chi connectivity index (χ0) is 12.5. The molecule has 2 aliphatic rings. The minimum Gasteiger partial charge on any atom is -0.393 e. The highest BCUT2D eigenvalue weighted by Crippen LogP contribution is 2.34. The predicted molar refractivity (Wildman–Crippen MR) is 68.0 cm³/mol. The lowest BCUT2D eigenvalue weighted by atomic mass is 9.88. The van der Waals surface area contributed by atoms with Gasteiger partial charge in [0.15, 0.2) is 11.6 Å². The van der Waals surface area contributed by atoms with Crippen LogP contribution in [0.15, 0.2) is 9.98 Å². The van der Waals surface area contributed by atoms with Crippen molar-refractivity contribution in [2.75, 3.05) is 21.1 Å². The first-order valence-corrected chi connectivity index (χ1v) is 6.04. The van der Waals surface area contributed by atoms with Gasteiger partial charge in [-0.1, -0.05) is 0 Å². The molecule has 0 bridgehead atoms. The second-order valence-corrected chi connectivity index (χ2v) is 4.88. The fourth-order valence-electron chi connectivity index (χ4n) is 2.21. The van der Waals surface area contributed by atoms with E-state index in [9.17, 15) is 5.11 Å². The van der Waals surface area contributed by atoms with E-state index >= 15 is 0 Å². The molecule has 1 saturated carbocycles. The molecule has 1 heterocycles. The van der Waals surface area contributed by atoms with E-state index in [2.05, 4.69) is 15.6 Å². The summed E-state index contributed by atoms with van der Waals surface area (Å²) in [5.41, 5.74) is -0.386. The number of hydrogen-bond donors (Lipinski definition) is 3. The molecule has 0 saturated heterocycles. The average molecular weight is 239 g/mol. The van der Waals surface area contributed by atoms with Gasteiger partial charge in [-0.05, 0) is 25.7 Å². The number of nitrogens with zero attached hydrogens (tertiary/aromatic N) is 3. The van der Waals surface area contributed by atoms with E-state index < -0.39 is 0 Å². The van der Waals surface area contributed by atoms with Crippen molar-refractivity contribution in [2.45, 2.75) is 37.5 Å². The van der Waals surface area contributed by atoms with Gasteiger partial charge >= 0.3 is 0 Å². The molecule has 0 aromatic rings. The minimum atomic E-state index is -0.386. The maximum absolute atomic E-state index is 9.58. The van der Waals surface area contributed by atoms with Gasteiger partial charge in [-0.25, -0.2) is 9.98 Å². The maximum Gasteiger partial charge on any atom is 0.202 e. The van der Waals surface area contributed by atoms with E-state index in [1.165, 1.54) is 0 Å². The second kappa shape index (κ2) is 4.52. The Morgan fingerprint density at radius 2 is 2.00 bits per heavy atom. The van der Waals surface area contributed by atoms with Crippen LogP contribution >= 0.6 is 0 Å². The summed E-state index contributed by atoms with van der Waals surface area (Å²) in [7, 11) is 5.75. The van der Waals surface area contributed by atoms with E-state index in [0.29, 0.717) is 0 Å². The standard InChI is InChI=1S/C11H21N5O/c1-12-9-13-10(16(2)3)15-11(14-9)6-4-8(17)5-7-11/h8,17H,4-7H2,1-3H3,(H2,12,13,14,15). The Kier molecular flexibility index (Phi) is 3.24. The summed E-state index contributed by atoms with van der Waals surface area (Å²) < 4.78 is 0. The summed E-state index contributed by atoms with van der Waals surface area (Å²) in [6, 6.07) is 0. The third-order valence-electron chi connectivity index (χ3n) is 3.28. The minimum absolute atomic E-state index is 0.193. The Hall–Kier alpha value is -1.30. The molecule has 3 N–H and O–H groups in total. The number of aliphatic hydroxyl groups excluding tert-OH is 1. The predicted octanol–water partition coefficient (Wildman–Crippen LogP) is -0.286. The summed E-state index contributed by atoms with van der Waals surface area (Å²) in [4.78, 5) is 11.3. The van der Waals surface area contributed by atoms with Crippen LogP contribution in [0.1, 0.15) is 25.7 Å². The van der Waals surface area contributed by atoms with Gasteiger partial charge in [-0.2, -0.15) is 0 Å². The SMILES string of the molecule is CNC1=NC2(CCC(O)CC2)N=C(N(C)C)N1. The van der Waals surface area contributed by atoms with Crippen LogP contribution in [0.3, 0.4) is 0 Å². The van der Waals surface area contributed by atoms with E-state index in [0.717, 1.165) is 37.6 Å². The molecule has 0 amide bonds. The molecule has 1 aliphatic carbocycles. The number of aliphatic imine (C=N–C) groups is 2. The number of rotatable bonds is 0. The molecule has 0 unspecified atom stereocenters. The molecule has 1 spiro atoms. The summed E-state index contributed by atoms with van der Waals surface area (Å²) in [5, 5.41) is 15.8. The Balaban J connectivity index is 2.24. The summed E-state index contributed by atoms with van der Waals surface area (Å²) in [6.45, 7) is 0. The van der Waals surface area contributed by atoms with E-state index in [1.807, 2.05) is 26.0 Å². The average Bonchev–Trinajstić information content (AvgIpc) is 2.33. The van der Waals surface area contributed by atoms with Crippen LogP contribution in [0.2, 0.25) is 0 Å². The van der Waals surface area contributed by atoms with Crippen LogP contribution in [0.25, 0.3) is 0 Å². The number of guanidine groups is 2. The van der Waals surface area contributed by atoms with Crippen molar-refractivity contribution >= 4 is 11.9 Å². The lowest BCUT2D eigenvalue weighted by molar-refractivity contribution is 0.0994. The fraction of sp³-hybridized carbons (Fsp3) is 0.818.